The highest BCUT2D eigenvalue weighted by molar-refractivity contribution is 5.91. The van der Waals surface area contributed by atoms with E-state index in [0.29, 0.717) is 17.6 Å². The molecule has 112 valence electrons. The molecule has 0 aliphatic heterocycles. The minimum atomic E-state index is -0.346. The molecule has 0 saturated heterocycles. The highest BCUT2D eigenvalue weighted by atomic mass is 16.5. The van der Waals surface area contributed by atoms with Crippen molar-refractivity contribution in [2.24, 2.45) is 0 Å². The minimum absolute atomic E-state index is 0.00300. The van der Waals surface area contributed by atoms with E-state index in [1.54, 1.807) is 12.1 Å². The van der Waals surface area contributed by atoms with E-state index in [-0.39, 0.29) is 18.5 Å². The summed E-state index contributed by atoms with van der Waals surface area (Å²) >= 11 is 0. The first kappa shape index (κ1) is 16.9. The molecule has 0 bridgehead atoms. The lowest BCUT2D eigenvalue weighted by Gasteiger charge is -2.20. The molecular weight excluding hydrogens is 266 g/mol. The zero-order chi connectivity index (χ0) is 16.0. The molecule has 0 spiro atoms. The average molecular weight is 287 g/mol. The molecule has 21 heavy (non-hydrogen) atoms. The van der Waals surface area contributed by atoms with Crippen molar-refractivity contribution in [2.75, 3.05) is 13.7 Å². The van der Waals surface area contributed by atoms with Gasteiger partial charge in [-0.05, 0) is 43.5 Å². The molecule has 0 fully saturated rings. The van der Waals surface area contributed by atoms with Gasteiger partial charge in [-0.15, -0.1) is 0 Å². The van der Waals surface area contributed by atoms with E-state index in [0.717, 1.165) is 16.7 Å². The molecule has 1 atom stereocenters. The second-order valence-corrected chi connectivity index (χ2v) is 5.13. The number of carbonyl (C=O) groups excluding carboxylic acids is 1. The van der Waals surface area contributed by atoms with Gasteiger partial charge in [0.05, 0.1) is 18.7 Å². The van der Waals surface area contributed by atoms with E-state index in [1.165, 1.54) is 7.11 Å². The summed E-state index contributed by atoms with van der Waals surface area (Å²) in [6.45, 7) is 5.68. The lowest BCUT2D eigenvalue weighted by atomic mass is 9.85. The van der Waals surface area contributed by atoms with Crippen LogP contribution in [-0.4, -0.2) is 24.8 Å². The van der Waals surface area contributed by atoms with E-state index in [4.69, 9.17) is 10.00 Å². The fourth-order valence-corrected chi connectivity index (χ4v) is 2.51. The van der Waals surface area contributed by atoms with Crippen molar-refractivity contribution >= 4 is 5.97 Å². The van der Waals surface area contributed by atoms with E-state index < -0.39 is 0 Å². The van der Waals surface area contributed by atoms with E-state index in [9.17, 15) is 9.90 Å². The molecule has 1 aromatic carbocycles. The van der Waals surface area contributed by atoms with E-state index in [2.05, 4.69) is 6.07 Å². The van der Waals surface area contributed by atoms with Gasteiger partial charge in [-0.3, -0.25) is 0 Å². The number of hydrogen-bond acceptors (Lipinski definition) is 4. The summed E-state index contributed by atoms with van der Waals surface area (Å²) in [6, 6.07) is 7.43. The molecule has 0 radical (unpaired) electrons. The van der Waals surface area contributed by atoms with Gasteiger partial charge in [-0.2, -0.15) is 5.26 Å². The predicted molar refractivity (Wildman–Crippen MR) is 80.8 cm³/mol. The maximum absolute atomic E-state index is 12.0. The summed E-state index contributed by atoms with van der Waals surface area (Å²) in [7, 11) is 1.37. The van der Waals surface area contributed by atoms with Crippen LogP contribution in [0, 0.1) is 11.3 Å². The first-order valence-electron chi connectivity index (χ1n) is 6.85. The predicted octanol–water partition coefficient (Wildman–Crippen LogP) is 2.71. The molecule has 0 aromatic heterocycles. The summed E-state index contributed by atoms with van der Waals surface area (Å²) in [5, 5.41) is 18.2. The van der Waals surface area contributed by atoms with Crippen molar-refractivity contribution in [2.45, 2.75) is 33.1 Å². The Morgan fingerprint density at radius 1 is 1.43 bits per heavy atom. The number of hydrogen-bond donors (Lipinski definition) is 1. The van der Waals surface area contributed by atoms with Gasteiger partial charge in [-0.1, -0.05) is 18.6 Å². The Kier molecular flexibility index (Phi) is 6.13. The normalized spacial score (nSPS) is 11.4. The first-order valence-corrected chi connectivity index (χ1v) is 6.85. The first-order chi connectivity index (χ1) is 9.96. The molecule has 4 heteroatoms. The van der Waals surface area contributed by atoms with Crippen molar-refractivity contribution in [3.8, 4) is 6.07 Å². The maximum Gasteiger partial charge on any atom is 0.334 e. The van der Waals surface area contributed by atoms with Crippen molar-refractivity contribution in [3.05, 3.63) is 46.0 Å². The van der Waals surface area contributed by atoms with Crippen LogP contribution in [0.5, 0.6) is 0 Å². The molecule has 0 heterocycles. The van der Waals surface area contributed by atoms with Crippen molar-refractivity contribution in [1.29, 1.82) is 5.26 Å². The molecule has 0 aliphatic rings. The molecule has 1 rings (SSSR count). The Hall–Kier alpha value is -2.12. The molecular formula is C17H21NO3. The number of allylic oxidation sites excluding steroid dienone is 1. The third-order valence-corrected chi connectivity index (χ3v) is 3.50. The quantitative estimate of drug-likeness (QED) is 0.667. The molecule has 1 unspecified atom stereocenters. The fraction of sp³-hybridized carbons (Fsp3) is 0.412. The lowest BCUT2D eigenvalue weighted by Crippen LogP contribution is -2.14. The molecule has 4 nitrogen and oxygen atoms in total. The summed E-state index contributed by atoms with van der Waals surface area (Å²) in [4.78, 5) is 12.0. The van der Waals surface area contributed by atoms with Gasteiger partial charge in [0.2, 0.25) is 0 Å². The highest BCUT2D eigenvalue weighted by Gasteiger charge is 2.22. The number of esters is 1. The lowest BCUT2D eigenvalue weighted by molar-refractivity contribution is -0.136. The Morgan fingerprint density at radius 2 is 2.10 bits per heavy atom. The van der Waals surface area contributed by atoms with Gasteiger partial charge in [0.15, 0.2) is 0 Å². The SMILES string of the molecule is COC(=O)C(=C(C)C)C(C)c1ccc(C#N)cc1CCO. The number of aliphatic hydroxyl groups excluding tert-OH is 1. The number of methoxy groups -OCH3 is 1. The minimum Gasteiger partial charge on any atom is -0.466 e. The van der Waals surface area contributed by atoms with E-state index in [1.807, 2.05) is 26.8 Å². The molecule has 0 aliphatic carbocycles. The van der Waals surface area contributed by atoms with E-state index >= 15 is 0 Å². The fourth-order valence-electron chi connectivity index (χ4n) is 2.51. The number of aliphatic hydroxyl groups is 1. The van der Waals surface area contributed by atoms with Gasteiger partial charge in [0.25, 0.3) is 0 Å². The van der Waals surface area contributed by atoms with Crippen molar-refractivity contribution < 1.29 is 14.6 Å². The van der Waals surface area contributed by atoms with Crippen LogP contribution in [0.15, 0.2) is 29.3 Å². The van der Waals surface area contributed by atoms with Crippen molar-refractivity contribution in [3.63, 3.8) is 0 Å². The maximum atomic E-state index is 12.0. The molecule has 1 aromatic rings. The van der Waals surface area contributed by atoms with Crippen LogP contribution < -0.4 is 0 Å². The van der Waals surface area contributed by atoms with Crippen LogP contribution in [0.3, 0.4) is 0 Å². The van der Waals surface area contributed by atoms with Crippen molar-refractivity contribution in [1.82, 2.24) is 0 Å². The second kappa shape index (κ2) is 7.61. The second-order valence-electron chi connectivity index (χ2n) is 5.13. The molecule has 0 saturated carbocycles. The zero-order valence-electron chi connectivity index (χ0n) is 12.9. The van der Waals surface area contributed by atoms with Crippen LogP contribution in [-0.2, 0) is 16.0 Å². The number of nitriles is 1. The van der Waals surface area contributed by atoms with Crippen LogP contribution in [0.1, 0.15) is 43.4 Å². The Balaban J connectivity index is 3.35. The van der Waals surface area contributed by atoms with Gasteiger partial charge in [-0.25, -0.2) is 4.79 Å². The molecule has 1 N–H and O–H groups in total. The summed E-state index contributed by atoms with van der Waals surface area (Å²) in [6.07, 6.45) is 0.451. The van der Waals surface area contributed by atoms with Crippen LogP contribution in [0.4, 0.5) is 0 Å². The summed E-state index contributed by atoms with van der Waals surface area (Å²) in [5.41, 5.74) is 3.87. The number of nitrogens with zero attached hydrogens (tertiary/aromatic N) is 1. The average Bonchev–Trinajstić information content (AvgIpc) is 2.46. The van der Waals surface area contributed by atoms with Crippen LogP contribution >= 0.6 is 0 Å². The number of rotatable bonds is 5. The monoisotopic (exact) mass is 287 g/mol. The van der Waals surface area contributed by atoms with Crippen LogP contribution in [0.25, 0.3) is 0 Å². The highest BCUT2D eigenvalue weighted by Crippen LogP contribution is 2.30. The third kappa shape index (κ3) is 3.93. The van der Waals surface area contributed by atoms with Gasteiger partial charge in [0, 0.05) is 18.1 Å². The largest absolute Gasteiger partial charge is 0.466 e. The Labute approximate surface area is 125 Å². The van der Waals surface area contributed by atoms with Crippen LogP contribution in [0.2, 0.25) is 0 Å². The van der Waals surface area contributed by atoms with Gasteiger partial charge >= 0.3 is 5.97 Å². The standard InChI is InChI=1S/C17H21NO3/c1-11(2)16(17(20)21-4)12(3)15-6-5-13(10-18)9-14(15)7-8-19/h5-6,9,12,19H,7-8H2,1-4H3. The number of carbonyl (C=O) groups is 1. The summed E-state index contributed by atoms with van der Waals surface area (Å²) in [5.74, 6) is -0.501. The topological polar surface area (TPSA) is 70.3 Å². The summed E-state index contributed by atoms with van der Waals surface area (Å²) < 4.78 is 4.86. The zero-order valence-corrected chi connectivity index (χ0v) is 12.9. The molecule has 0 amide bonds. The Bertz CT molecular complexity index is 593. The third-order valence-electron chi connectivity index (χ3n) is 3.50. The number of ether oxygens (including phenoxy) is 1. The number of benzene rings is 1. The van der Waals surface area contributed by atoms with Gasteiger partial charge in [0.1, 0.15) is 0 Å². The van der Waals surface area contributed by atoms with Gasteiger partial charge < -0.3 is 9.84 Å². The smallest absolute Gasteiger partial charge is 0.334 e. The Morgan fingerprint density at radius 3 is 2.57 bits per heavy atom.